The Labute approximate surface area is 181 Å². The van der Waals surface area contributed by atoms with E-state index in [0.29, 0.717) is 45.8 Å². The largest absolute Gasteiger partial charge is 0.332 e. The Morgan fingerprint density at radius 1 is 1.00 bits per heavy atom. The molecule has 0 bridgehead atoms. The summed E-state index contributed by atoms with van der Waals surface area (Å²) in [7, 11) is 1.63. The van der Waals surface area contributed by atoms with Crippen LogP contribution in [0.15, 0.2) is 58.1 Å². The predicted molar refractivity (Wildman–Crippen MR) is 118 cm³/mol. The number of aryl methyl sites for hydroxylation is 1. The third-order valence-corrected chi connectivity index (χ3v) is 6.05. The van der Waals surface area contributed by atoms with Gasteiger partial charge in [-0.1, -0.05) is 41.4 Å². The van der Waals surface area contributed by atoms with Crippen molar-refractivity contribution in [3.8, 4) is 0 Å². The van der Waals surface area contributed by atoms with Crippen LogP contribution in [0.2, 0.25) is 10.0 Å². The van der Waals surface area contributed by atoms with Crippen LogP contribution in [0.3, 0.4) is 0 Å². The maximum absolute atomic E-state index is 13.3. The number of hydrogen-bond acceptors (Lipinski definition) is 4. The van der Waals surface area contributed by atoms with E-state index in [1.54, 1.807) is 13.1 Å². The summed E-state index contributed by atoms with van der Waals surface area (Å²) < 4.78 is 4.50. The summed E-state index contributed by atoms with van der Waals surface area (Å²) in [5, 5.41) is 1.16. The highest BCUT2D eigenvalue weighted by Crippen LogP contribution is 2.32. The lowest BCUT2D eigenvalue weighted by Crippen LogP contribution is -2.40. The number of imidazole rings is 1. The van der Waals surface area contributed by atoms with Crippen LogP contribution in [-0.4, -0.2) is 25.2 Å². The van der Waals surface area contributed by atoms with Crippen molar-refractivity contribution in [1.29, 1.82) is 0 Å². The molecule has 0 radical (unpaired) electrons. The molecule has 0 saturated heterocycles. The second-order valence-electron chi connectivity index (χ2n) is 7.19. The minimum atomic E-state index is -0.428. The van der Waals surface area contributed by atoms with Crippen molar-refractivity contribution in [2.45, 2.75) is 13.1 Å². The second-order valence-corrected chi connectivity index (χ2v) is 8.03. The summed E-state index contributed by atoms with van der Waals surface area (Å²) in [6.07, 6.45) is 0. The Hall–Kier alpha value is -3.03. The number of benzene rings is 2. The van der Waals surface area contributed by atoms with Gasteiger partial charge in [0.25, 0.3) is 5.56 Å². The minimum Gasteiger partial charge on any atom is -0.310 e. The number of anilines is 2. The van der Waals surface area contributed by atoms with Crippen molar-refractivity contribution in [2.75, 3.05) is 11.4 Å². The van der Waals surface area contributed by atoms with Gasteiger partial charge in [0.05, 0.1) is 6.54 Å². The van der Waals surface area contributed by atoms with Crippen LogP contribution < -0.4 is 16.1 Å². The molecule has 7 nitrogen and oxygen atoms in total. The van der Waals surface area contributed by atoms with Gasteiger partial charge in [-0.05, 0) is 35.9 Å². The summed E-state index contributed by atoms with van der Waals surface area (Å²) >= 11 is 12.3. The maximum atomic E-state index is 13.3. The molecule has 0 amide bonds. The SMILES string of the molecule is Cn1c(=O)n(Cc2ccccc2Cl)c(=O)c2c1nc1n2CCN1c1ccc(Cl)cc1. The van der Waals surface area contributed by atoms with E-state index in [1.165, 1.54) is 9.13 Å². The fourth-order valence-electron chi connectivity index (χ4n) is 3.88. The van der Waals surface area contributed by atoms with Gasteiger partial charge in [0.2, 0.25) is 5.95 Å². The zero-order valence-corrected chi connectivity index (χ0v) is 17.6. The van der Waals surface area contributed by atoms with E-state index >= 15 is 0 Å². The molecular weight excluding hydrogens is 425 g/mol. The summed E-state index contributed by atoms with van der Waals surface area (Å²) in [5.41, 5.74) is 1.62. The van der Waals surface area contributed by atoms with Gasteiger partial charge < -0.3 is 9.47 Å². The van der Waals surface area contributed by atoms with E-state index in [2.05, 4.69) is 4.98 Å². The number of halogens is 2. The van der Waals surface area contributed by atoms with Gasteiger partial charge >= 0.3 is 5.69 Å². The lowest BCUT2D eigenvalue weighted by atomic mass is 10.2. The molecule has 0 N–H and O–H groups in total. The second kappa shape index (κ2) is 7.04. The molecule has 9 heteroatoms. The van der Waals surface area contributed by atoms with Crippen molar-refractivity contribution in [3.63, 3.8) is 0 Å². The Bertz CT molecular complexity index is 1400. The van der Waals surface area contributed by atoms with Crippen LogP contribution in [0.4, 0.5) is 11.6 Å². The summed E-state index contributed by atoms with van der Waals surface area (Å²) in [6.45, 7) is 1.36. The Kier molecular flexibility index (Phi) is 4.45. The zero-order valence-electron chi connectivity index (χ0n) is 16.0. The monoisotopic (exact) mass is 441 g/mol. The first-order valence-electron chi connectivity index (χ1n) is 9.42. The number of fused-ring (bicyclic) bond motifs is 3. The Balaban J connectivity index is 1.68. The molecule has 3 heterocycles. The molecule has 0 fully saturated rings. The molecule has 2 aromatic carbocycles. The lowest BCUT2D eigenvalue weighted by molar-refractivity contribution is 0.652. The molecule has 0 unspecified atom stereocenters. The van der Waals surface area contributed by atoms with Gasteiger partial charge in [0, 0.05) is 35.9 Å². The van der Waals surface area contributed by atoms with E-state index in [4.69, 9.17) is 23.2 Å². The summed E-state index contributed by atoms with van der Waals surface area (Å²) in [4.78, 5) is 32.9. The lowest BCUT2D eigenvalue weighted by Gasteiger charge is -2.15. The zero-order chi connectivity index (χ0) is 21.0. The molecule has 1 aliphatic heterocycles. The van der Waals surface area contributed by atoms with Crippen molar-refractivity contribution in [1.82, 2.24) is 18.7 Å². The average Bonchev–Trinajstić information content (AvgIpc) is 3.31. The Morgan fingerprint density at radius 3 is 2.47 bits per heavy atom. The van der Waals surface area contributed by atoms with E-state index < -0.39 is 5.69 Å². The highest BCUT2D eigenvalue weighted by atomic mass is 35.5. The van der Waals surface area contributed by atoms with E-state index in [9.17, 15) is 9.59 Å². The van der Waals surface area contributed by atoms with Crippen molar-refractivity contribution < 1.29 is 0 Å². The van der Waals surface area contributed by atoms with Gasteiger partial charge in [0.1, 0.15) is 0 Å². The highest BCUT2D eigenvalue weighted by molar-refractivity contribution is 6.31. The normalized spacial score (nSPS) is 13.2. The first kappa shape index (κ1) is 19.0. The average molecular weight is 442 g/mol. The van der Waals surface area contributed by atoms with Crippen LogP contribution in [0.5, 0.6) is 0 Å². The van der Waals surface area contributed by atoms with E-state index in [-0.39, 0.29) is 12.1 Å². The van der Waals surface area contributed by atoms with Gasteiger partial charge in [0.15, 0.2) is 11.2 Å². The molecular formula is C21H17Cl2N5O2. The molecule has 0 saturated carbocycles. The van der Waals surface area contributed by atoms with Crippen LogP contribution >= 0.6 is 23.2 Å². The predicted octanol–water partition coefficient (Wildman–Crippen LogP) is 3.40. The number of rotatable bonds is 3. The standard InChI is InChI=1S/C21H17Cl2N5O2/c1-25-18-17(19(29)28(21(25)30)12-13-4-2-3-5-16(13)23)27-11-10-26(20(27)24-18)15-8-6-14(22)7-9-15/h2-9H,10-12H2,1H3. The van der Waals surface area contributed by atoms with E-state index in [1.807, 2.05) is 51.9 Å². The number of nitrogens with zero attached hydrogens (tertiary/aromatic N) is 5. The number of aromatic nitrogens is 4. The fraction of sp³-hybridized carbons (Fsp3) is 0.190. The number of hydrogen-bond donors (Lipinski definition) is 0. The van der Waals surface area contributed by atoms with Crippen LogP contribution in [0.1, 0.15) is 5.56 Å². The van der Waals surface area contributed by atoms with Crippen LogP contribution in [0.25, 0.3) is 11.2 Å². The smallest absolute Gasteiger partial charge is 0.310 e. The van der Waals surface area contributed by atoms with Gasteiger partial charge in [-0.15, -0.1) is 0 Å². The molecule has 4 aromatic rings. The molecule has 0 atom stereocenters. The Morgan fingerprint density at radius 2 is 1.73 bits per heavy atom. The first-order valence-corrected chi connectivity index (χ1v) is 10.2. The van der Waals surface area contributed by atoms with Gasteiger partial charge in [-0.25, -0.2) is 4.79 Å². The third kappa shape index (κ3) is 2.85. The minimum absolute atomic E-state index is 0.0997. The molecule has 1 aliphatic rings. The van der Waals surface area contributed by atoms with E-state index in [0.717, 1.165) is 5.69 Å². The van der Waals surface area contributed by atoms with Gasteiger partial charge in [-0.2, -0.15) is 4.98 Å². The van der Waals surface area contributed by atoms with Crippen molar-refractivity contribution in [2.24, 2.45) is 7.05 Å². The van der Waals surface area contributed by atoms with Crippen molar-refractivity contribution >= 4 is 46.0 Å². The molecule has 30 heavy (non-hydrogen) atoms. The quantitative estimate of drug-likeness (QED) is 0.488. The van der Waals surface area contributed by atoms with Crippen molar-refractivity contribution in [3.05, 3.63) is 85.0 Å². The maximum Gasteiger partial charge on any atom is 0.332 e. The molecule has 0 aliphatic carbocycles. The third-order valence-electron chi connectivity index (χ3n) is 5.43. The van der Waals surface area contributed by atoms with Crippen LogP contribution in [0, 0.1) is 0 Å². The fourth-order valence-corrected chi connectivity index (χ4v) is 4.20. The summed E-state index contributed by atoms with van der Waals surface area (Å²) in [6, 6.07) is 14.6. The molecule has 0 spiro atoms. The summed E-state index contributed by atoms with van der Waals surface area (Å²) in [5.74, 6) is 0.634. The van der Waals surface area contributed by atoms with Crippen LogP contribution in [-0.2, 0) is 20.1 Å². The highest BCUT2D eigenvalue weighted by Gasteiger charge is 2.28. The topological polar surface area (TPSA) is 65.1 Å². The first-order chi connectivity index (χ1) is 14.5. The molecule has 2 aromatic heterocycles. The van der Waals surface area contributed by atoms with Gasteiger partial charge in [-0.3, -0.25) is 13.9 Å². The molecule has 152 valence electrons. The molecule has 5 rings (SSSR count).